The summed E-state index contributed by atoms with van der Waals surface area (Å²) < 4.78 is 30.7. The molecular weight excluding hydrogens is 555 g/mol. The molecule has 7 atom stereocenters. The Morgan fingerprint density at radius 2 is 2.05 bits per heavy atom. The van der Waals surface area contributed by atoms with Gasteiger partial charge < -0.3 is 25.1 Å². The molecule has 3 heterocycles. The third-order valence-corrected chi connectivity index (χ3v) is 7.41. The number of guanidine groups is 1. The Labute approximate surface area is 240 Å². The first kappa shape index (κ1) is 30.9. The number of aliphatic hydroxyl groups is 1. The minimum absolute atomic E-state index is 0.127. The number of aliphatic hydroxyl groups excluding tert-OH is 1. The second kappa shape index (κ2) is 12.8. The highest BCUT2D eigenvalue weighted by molar-refractivity contribution is 6.39. The Hall–Kier alpha value is -4.08. The van der Waals surface area contributed by atoms with Crippen molar-refractivity contribution in [3.8, 4) is 0 Å². The third-order valence-electron chi connectivity index (χ3n) is 7.41. The Morgan fingerprint density at radius 3 is 2.69 bits per heavy atom. The quantitative estimate of drug-likeness (QED) is 0.189. The zero-order valence-electron chi connectivity index (χ0n) is 23.1. The second-order valence-electron chi connectivity index (χ2n) is 10.2. The number of amidine groups is 1. The molecule has 15 heteroatoms. The summed E-state index contributed by atoms with van der Waals surface area (Å²) in [6.45, 7) is 2.77. The van der Waals surface area contributed by atoms with Crippen LogP contribution in [0.25, 0.3) is 0 Å². The van der Waals surface area contributed by atoms with E-state index in [1.165, 1.54) is 0 Å². The van der Waals surface area contributed by atoms with Gasteiger partial charge in [0, 0.05) is 6.42 Å². The maximum Gasteiger partial charge on any atom is 0.323 e. The van der Waals surface area contributed by atoms with Crippen LogP contribution in [0.15, 0.2) is 40.3 Å². The molecule has 0 spiro atoms. The predicted octanol–water partition coefficient (Wildman–Crippen LogP) is -0.0346. The predicted molar refractivity (Wildman–Crippen MR) is 145 cm³/mol. The Bertz CT molecular complexity index is 1290. The number of ether oxygens (including phenoxy) is 3. The first-order valence-corrected chi connectivity index (χ1v) is 13.4. The highest BCUT2D eigenvalue weighted by Crippen LogP contribution is 2.34. The average Bonchev–Trinajstić information content (AvgIpc) is 3.55. The lowest BCUT2D eigenvalue weighted by molar-refractivity contribution is -0.164. The van der Waals surface area contributed by atoms with Crippen LogP contribution in [0.4, 0.5) is 4.39 Å². The van der Waals surface area contributed by atoms with E-state index in [0.29, 0.717) is 12.0 Å². The molecule has 1 aromatic rings. The molecule has 42 heavy (non-hydrogen) atoms. The number of benzene rings is 1. The zero-order valence-corrected chi connectivity index (χ0v) is 23.1. The normalized spacial score (nSPS) is 27.0. The van der Waals surface area contributed by atoms with Gasteiger partial charge in [-0.05, 0) is 11.5 Å². The van der Waals surface area contributed by atoms with Crippen molar-refractivity contribution >= 4 is 41.8 Å². The molecule has 14 nitrogen and oxygen atoms in total. The van der Waals surface area contributed by atoms with Gasteiger partial charge in [-0.3, -0.25) is 34.8 Å². The molecule has 0 bridgehead atoms. The van der Waals surface area contributed by atoms with Crippen molar-refractivity contribution in [1.29, 1.82) is 5.41 Å². The highest BCUT2D eigenvalue weighted by Gasteiger charge is 2.62. The van der Waals surface area contributed by atoms with Crippen molar-refractivity contribution in [2.75, 3.05) is 6.61 Å². The van der Waals surface area contributed by atoms with Crippen LogP contribution >= 0.6 is 0 Å². The van der Waals surface area contributed by atoms with Crippen molar-refractivity contribution < 1.29 is 42.9 Å². The molecule has 1 aromatic carbocycles. The topological polar surface area (TPSA) is 206 Å². The van der Waals surface area contributed by atoms with Crippen LogP contribution < -0.4 is 11.1 Å². The number of rotatable bonds is 12. The Balaban J connectivity index is 1.63. The number of esters is 2. The van der Waals surface area contributed by atoms with E-state index in [9.17, 15) is 28.7 Å². The van der Waals surface area contributed by atoms with Crippen LogP contribution in [0.1, 0.15) is 38.7 Å². The number of fused-ring (bicyclic) bond motifs is 1. The van der Waals surface area contributed by atoms with Gasteiger partial charge in [0.2, 0.25) is 11.7 Å². The molecule has 5 N–H and O–H groups in total. The van der Waals surface area contributed by atoms with Gasteiger partial charge in [-0.15, -0.1) is 0 Å². The van der Waals surface area contributed by atoms with E-state index in [1.807, 2.05) is 0 Å². The molecule has 3 aliphatic heterocycles. The van der Waals surface area contributed by atoms with Crippen molar-refractivity contribution in [2.45, 2.75) is 75.9 Å². The summed E-state index contributed by atoms with van der Waals surface area (Å²) >= 11 is 0. The Morgan fingerprint density at radius 1 is 1.33 bits per heavy atom. The molecule has 226 valence electrons. The van der Waals surface area contributed by atoms with E-state index in [2.05, 4.69) is 15.3 Å². The summed E-state index contributed by atoms with van der Waals surface area (Å²) in [5.74, 6) is -5.51. The number of halogens is 1. The van der Waals surface area contributed by atoms with E-state index in [1.54, 1.807) is 44.2 Å². The molecule has 3 aliphatic rings. The number of nitrogens with two attached hydrogens (primary N) is 1. The fraction of sp³-hybridized carbons (Fsp3) is 0.519. The van der Waals surface area contributed by atoms with Crippen molar-refractivity contribution in [1.82, 2.24) is 10.2 Å². The van der Waals surface area contributed by atoms with Crippen LogP contribution in [0.2, 0.25) is 0 Å². The van der Waals surface area contributed by atoms with E-state index in [0.717, 1.165) is 11.2 Å². The number of hydrogen-bond acceptors (Lipinski definition) is 12. The molecule has 0 radical (unpaired) electrons. The molecule has 1 amide bonds. The van der Waals surface area contributed by atoms with Gasteiger partial charge in [-0.25, -0.2) is 9.38 Å². The molecule has 0 aliphatic carbocycles. The van der Waals surface area contributed by atoms with Crippen LogP contribution in [-0.4, -0.2) is 94.6 Å². The van der Waals surface area contributed by atoms with Gasteiger partial charge in [-0.2, -0.15) is 4.99 Å². The number of alkyl halides is 1. The molecule has 3 unspecified atom stereocenters. The molecular formula is C27H33FN6O8. The summed E-state index contributed by atoms with van der Waals surface area (Å²) in [4.78, 5) is 62.5. The summed E-state index contributed by atoms with van der Waals surface area (Å²) in [6, 6.07) is 7.59. The number of carbonyl (C=O) groups is 4. The van der Waals surface area contributed by atoms with Gasteiger partial charge in [0.1, 0.15) is 31.2 Å². The average molecular weight is 589 g/mol. The summed E-state index contributed by atoms with van der Waals surface area (Å²) in [6.07, 6.45) is -5.23. The largest absolute Gasteiger partial charge is 0.461 e. The number of amides is 1. The highest BCUT2D eigenvalue weighted by atomic mass is 19.1. The summed E-state index contributed by atoms with van der Waals surface area (Å²) in [5.41, 5.74) is 4.19. The monoisotopic (exact) mass is 588 g/mol. The molecule has 1 saturated heterocycles. The lowest BCUT2D eigenvalue weighted by Gasteiger charge is -2.34. The number of ketones is 1. The number of nitrogens with zero attached hydrogens (tertiary/aromatic N) is 3. The minimum atomic E-state index is -2.50. The van der Waals surface area contributed by atoms with E-state index >= 15 is 0 Å². The van der Waals surface area contributed by atoms with Crippen molar-refractivity contribution in [3.63, 3.8) is 0 Å². The van der Waals surface area contributed by atoms with Crippen LogP contribution in [0.5, 0.6) is 0 Å². The van der Waals surface area contributed by atoms with E-state index in [-0.39, 0.29) is 18.9 Å². The molecule has 0 saturated carbocycles. The smallest absolute Gasteiger partial charge is 0.323 e. The first-order valence-electron chi connectivity index (χ1n) is 13.4. The number of nitrogens with one attached hydrogen (secondary N) is 2. The molecule has 1 fully saturated rings. The number of Topliss-reactive ketones (excluding diaryl/α,β-unsaturated/α-hetero) is 1. The van der Waals surface area contributed by atoms with Crippen LogP contribution in [-0.2, 0) is 40.0 Å². The van der Waals surface area contributed by atoms with Crippen LogP contribution in [0.3, 0.4) is 0 Å². The number of aliphatic imine (C=N–C) groups is 2. The minimum Gasteiger partial charge on any atom is -0.461 e. The SMILES string of the molecule is CC[C@H](C)[C@H](N)C(=O)OC(CC(=O)OCc1ccccc1)C(=O)C12N=CN([C@H]3CC(F)[C@@H](CO)O3)C1=NC(=N)NC2=O. The number of hydrogen-bond donors (Lipinski definition) is 4. The van der Waals surface area contributed by atoms with Gasteiger partial charge in [0.15, 0.2) is 11.9 Å². The molecule has 4 rings (SSSR count). The van der Waals surface area contributed by atoms with Gasteiger partial charge in [-0.1, -0.05) is 50.6 Å². The standard InChI is InChI=1S/C27H33FN6O8/c1-3-14(2)21(29)23(38)42-17(10-20(36)40-12-15-7-5-4-6-8-15)22(37)27-24(32-26(30)33-25(27)39)34(13-31-27)19-9-16(28)18(11-35)41-19/h4-8,13-14,16-19,21,35H,3,9-12,29H2,1-2H3,(H2,30,33,39)/t14-,16?,17?,18+,19+,21-,27?/m0/s1. The second-order valence-corrected chi connectivity index (χ2v) is 10.2. The first-order chi connectivity index (χ1) is 20.0. The zero-order chi connectivity index (χ0) is 30.6. The van der Waals surface area contributed by atoms with Crippen molar-refractivity contribution in [3.05, 3.63) is 35.9 Å². The lowest BCUT2D eigenvalue weighted by atomic mass is 9.86. The van der Waals surface area contributed by atoms with Crippen molar-refractivity contribution in [2.24, 2.45) is 21.6 Å². The third kappa shape index (κ3) is 6.07. The molecule has 0 aromatic heterocycles. The fourth-order valence-corrected chi connectivity index (χ4v) is 4.67. The van der Waals surface area contributed by atoms with Gasteiger partial charge in [0.05, 0.1) is 19.4 Å². The van der Waals surface area contributed by atoms with E-state index < -0.39 is 84.6 Å². The fourth-order valence-electron chi connectivity index (χ4n) is 4.67. The Kier molecular flexibility index (Phi) is 9.43. The van der Waals surface area contributed by atoms with Crippen LogP contribution in [0, 0.1) is 11.3 Å². The summed E-state index contributed by atoms with van der Waals surface area (Å²) in [7, 11) is 0. The summed E-state index contributed by atoms with van der Waals surface area (Å²) in [5, 5.41) is 19.5. The van der Waals surface area contributed by atoms with Gasteiger partial charge >= 0.3 is 11.9 Å². The maximum atomic E-state index is 14.4. The van der Waals surface area contributed by atoms with E-state index in [4.69, 9.17) is 25.4 Å². The number of carbonyl (C=O) groups excluding carboxylic acids is 4. The maximum absolute atomic E-state index is 14.4. The van der Waals surface area contributed by atoms with Gasteiger partial charge in [0.25, 0.3) is 11.4 Å². The lowest BCUT2D eigenvalue weighted by Crippen LogP contribution is -2.65.